The number of hydrogen-bond donors (Lipinski definition) is 4. The molecule has 0 radical (unpaired) electrons. The predicted octanol–water partition coefficient (Wildman–Crippen LogP) is 10.4. The van der Waals surface area contributed by atoms with Gasteiger partial charge in [-0.15, -0.1) is 0 Å². The summed E-state index contributed by atoms with van der Waals surface area (Å²) in [5.41, 5.74) is 0. The van der Waals surface area contributed by atoms with Gasteiger partial charge < -0.3 is 29.7 Å². The topological polar surface area (TPSA) is 169 Å². The van der Waals surface area contributed by atoms with E-state index in [-0.39, 0.29) is 25.6 Å². The van der Waals surface area contributed by atoms with Crippen LogP contribution in [-0.4, -0.2) is 76.9 Å². The van der Waals surface area contributed by atoms with E-state index >= 15 is 0 Å². The molecule has 0 fully saturated rings. The van der Waals surface area contributed by atoms with E-state index in [9.17, 15) is 29.3 Å². The highest BCUT2D eigenvalue weighted by Crippen LogP contribution is 2.43. The van der Waals surface area contributed by atoms with Gasteiger partial charge in [0.05, 0.1) is 25.9 Å². The number of carbonyl (C=O) groups excluding carboxylic acids is 2. The Labute approximate surface area is 350 Å². The predicted molar refractivity (Wildman–Crippen MR) is 234 cm³/mol. The van der Waals surface area contributed by atoms with Crippen LogP contribution in [0.3, 0.4) is 0 Å². The molecule has 0 aliphatic rings. The third kappa shape index (κ3) is 39.9. The summed E-state index contributed by atoms with van der Waals surface area (Å²) >= 11 is 0. The fourth-order valence-corrected chi connectivity index (χ4v) is 5.98. The summed E-state index contributed by atoms with van der Waals surface area (Å²) < 4.78 is 32.6. The SMILES string of the molecule is CCCCCCCC/C=C\C/C=C\C/C=C\CCCC(=O)OC[C@H](COP(=O)(O)OC[C@@H](O)CO)OC(=O)CCC/C=C\C/C=C\C/C=C\C/C=C\[C@H](O)CCCC. The summed E-state index contributed by atoms with van der Waals surface area (Å²) in [7, 11) is -4.66. The molecular weight excluding hydrogens is 759 g/mol. The molecule has 0 amide bonds. The van der Waals surface area contributed by atoms with Crippen molar-refractivity contribution in [1.29, 1.82) is 0 Å². The van der Waals surface area contributed by atoms with E-state index in [4.69, 9.17) is 19.1 Å². The molecule has 11 nitrogen and oxygen atoms in total. The van der Waals surface area contributed by atoms with Crippen LogP contribution in [0.5, 0.6) is 0 Å². The van der Waals surface area contributed by atoms with Crippen LogP contribution >= 0.6 is 7.82 Å². The van der Waals surface area contributed by atoms with Gasteiger partial charge in [-0.3, -0.25) is 18.6 Å². The van der Waals surface area contributed by atoms with Crippen LogP contribution in [0.4, 0.5) is 0 Å². The molecule has 0 rings (SSSR count). The first-order valence-electron chi connectivity index (χ1n) is 21.6. The minimum atomic E-state index is -4.66. The molecule has 0 spiro atoms. The molecule has 4 atom stereocenters. The van der Waals surface area contributed by atoms with Crippen LogP contribution < -0.4 is 0 Å². The van der Waals surface area contributed by atoms with Gasteiger partial charge in [-0.2, -0.15) is 0 Å². The molecule has 0 aromatic rings. The van der Waals surface area contributed by atoms with E-state index in [1.807, 2.05) is 30.4 Å². The molecule has 4 N–H and O–H groups in total. The summed E-state index contributed by atoms with van der Waals surface area (Å²) in [4.78, 5) is 34.9. The molecule has 0 bridgehead atoms. The zero-order valence-corrected chi connectivity index (χ0v) is 36.5. The summed E-state index contributed by atoms with van der Waals surface area (Å²) in [6.07, 6.45) is 44.7. The van der Waals surface area contributed by atoms with Crippen LogP contribution in [-0.2, 0) is 32.7 Å². The van der Waals surface area contributed by atoms with E-state index < -0.39 is 51.8 Å². The number of hydrogen-bond acceptors (Lipinski definition) is 10. The Morgan fingerprint density at radius 3 is 1.59 bits per heavy atom. The van der Waals surface area contributed by atoms with Crippen molar-refractivity contribution in [3.05, 3.63) is 85.1 Å². The highest BCUT2D eigenvalue weighted by Gasteiger charge is 2.27. The number of ether oxygens (including phenoxy) is 2. The standard InChI is InChI=1S/C46H77O11P/c1-3-5-7-8-9-10-11-12-13-14-15-16-20-23-26-29-32-36-45(50)54-40-44(41-56-58(52,53)55-39-43(49)38-47)57-46(51)37-33-30-27-24-21-18-17-19-22-25-28-31-35-42(48)34-6-4-2/h12-13,15-18,22-27,31,35,42-44,47-49H,3-11,14,19-21,28-30,32-34,36-41H2,1-2H3,(H,52,53)/b13-12-,16-15-,18-17-,25-22-,26-23-,27-24-,35-31-/t42-,43+,44-/m1/s1. The third-order valence-corrected chi connectivity index (χ3v) is 9.54. The minimum absolute atomic E-state index is 0.0763. The van der Waals surface area contributed by atoms with Crippen LogP contribution in [0.25, 0.3) is 0 Å². The molecule has 0 aromatic carbocycles. The molecule has 0 aliphatic heterocycles. The van der Waals surface area contributed by atoms with Gasteiger partial charge in [0.2, 0.25) is 0 Å². The van der Waals surface area contributed by atoms with Crippen molar-refractivity contribution >= 4 is 19.8 Å². The zero-order chi connectivity index (χ0) is 42.8. The number of unbranched alkanes of at least 4 members (excludes halogenated alkanes) is 9. The quantitative estimate of drug-likeness (QED) is 0.0201. The Morgan fingerprint density at radius 2 is 1.03 bits per heavy atom. The van der Waals surface area contributed by atoms with Crippen LogP contribution in [0.2, 0.25) is 0 Å². The van der Waals surface area contributed by atoms with Gasteiger partial charge in [0.1, 0.15) is 12.7 Å². The van der Waals surface area contributed by atoms with E-state index in [0.717, 1.165) is 57.8 Å². The summed E-state index contributed by atoms with van der Waals surface area (Å²) in [5, 5.41) is 28.1. The summed E-state index contributed by atoms with van der Waals surface area (Å²) in [6, 6.07) is 0. The van der Waals surface area contributed by atoms with Gasteiger partial charge in [0.25, 0.3) is 0 Å². The Balaban J connectivity index is 4.53. The Morgan fingerprint density at radius 1 is 0.569 bits per heavy atom. The van der Waals surface area contributed by atoms with Crippen LogP contribution in [0, 0.1) is 0 Å². The Bertz CT molecular complexity index is 1250. The number of phosphoric acid groups is 1. The lowest BCUT2D eigenvalue weighted by Crippen LogP contribution is -2.29. The van der Waals surface area contributed by atoms with Gasteiger partial charge in [-0.25, -0.2) is 4.57 Å². The number of aliphatic hydroxyl groups is 3. The molecule has 12 heteroatoms. The minimum Gasteiger partial charge on any atom is -0.462 e. The second kappa shape index (κ2) is 40.9. The third-order valence-electron chi connectivity index (χ3n) is 8.59. The van der Waals surface area contributed by atoms with E-state index in [1.165, 1.54) is 38.5 Å². The van der Waals surface area contributed by atoms with Gasteiger partial charge in [-0.1, -0.05) is 144 Å². The average Bonchev–Trinajstić information content (AvgIpc) is 3.21. The maximum atomic E-state index is 12.6. The molecular formula is C46H77O11P. The lowest BCUT2D eigenvalue weighted by atomic mass is 10.1. The fourth-order valence-electron chi connectivity index (χ4n) is 5.20. The van der Waals surface area contributed by atoms with Crippen molar-refractivity contribution in [2.45, 2.75) is 167 Å². The Hall–Kier alpha value is -2.89. The zero-order valence-electron chi connectivity index (χ0n) is 35.6. The number of carbonyl (C=O) groups is 2. The lowest BCUT2D eigenvalue weighted by molar-refractivity contribution is -0.161. The van der Waals surface area contributed by atoms with Gasteiger partial charge in [0, 0.05) is 12.8 Å². The molecule has 0 saturated carbocycles. The molecule has 0 aromatic heterocycles. The van der Waals surface area contributed by atoms with E-state index in [2.05, 4.69) is 73.1 Å². The van der Waals surface area contributed by atoms with Crippen LogP contribution in [0.1, 0.15) is 149 Å². The smallest absolute Gasteiger partial charge is 0.462 e. The summed E-state index contributed by atoms with van der Waals surface area (Å²) in [5.74, 6) is -1.08. The molecule has 0 saturated heterocycles. The largest absolute Gasteiger partial charge is 0.472 e. The first-order chi connectivity index (χ1) is 28.1. The fraction of sp³-hybridized carbons (Fsp3) is 0.652. The van der Waals surface area contributed by atoms with Crippen LogP contribution in [0.15, 0.2) is 85.1 Å². The van der Waals surface area contributed by atoms with Gasteiger partial charge >= 0.3 is 19.8 Å². The number of rotatable bonds is 39. The number of phosphoric ester groups is 1. The molecule has 1 unspecified atom stereocenters. The number of aliphatic hydroxyl groups excluding tert-OH is 3. The van der Waals surface area contributed by atoms with Crippen molar-refractivity contribution in [1.82, 2.24) is 0 Å². The summed E-state index contributed by atoms with van der Waals surface area (Å²) in [6.45, 7) is 2.06. The molecule has 58 heavy (non-hydrogen) atoms. The number of esters is 2. The second-order valence-electron chi connectivity index (χ2n) is 14.2. The van der Waals surface area contributed by atoms with Crippen molar-refractivity contribution in [3.8, 4) is 0 Å². The van der Waals surface area contributed by atoms with Gasteiger partial charge in [0.15, 0.2) is 6.10 Å². The lowest BCUT2D eigenvalue weighted by Gasteiger charge is -2.20. The maximum absolute atomic E-state index is 12.6. The molecule has 0 aliphatic carbocycles. The van der Waals surface area contributed by atoms with Crippen molar-refractivity contribution in [2.75, 3.05) is 26.4 Å². The molecule has 332 valence electrons. The maximum Gasteiger partial charge on any atom is 0.472 e. The second-order valence-corrected chi connectivity index (χ2v) is 15.6. The molecule has 0 heterocycles. The first-order valence-corrected chi connectivity index (χ1v) is 23.1. The highest BCUT2D eigenvalue weighted by atomic mass is 31.2. The Kier molecular flexibility index (Phi) is 38.8. The average molecular weight is 837 g/mol. The monoisotopic (exact) mass is 837 g/mol. The van der Waals surface area contributed by atoms with Gasteiger partial charge in [-0.05, 0) is 77.0 Å². The van der Waals surface area contributed by atoms with E-state index in [0.29, 0.717) is 25.7 Å². The van der Waals surface area contributed by atoms with E-state index in [1.54, 1.807) is 0 Å². The first kappa shape index (κ1) is 55.1. The van der Waals surface area contributed by atoms with Crippen molar-refractivity contribution in [3.63, 3.8) is 0 Å². The van der Waals surface area contributed by atoms with Crippen molar-refractivity contribution < 1.29 is 52.9 Å². The van der Waals surface area contributed by atoms with Crippen molar-refractivity contribution in [2.24, 2.45) is 0 Å². The normalized spacial score (nSPS) is 15.2. The highest BCUT2D eigenvalue weighted by molar-refractivity contribution is 7.47. The number of allylic oxidation sites excluding steroid dienone is 13.